The van der Waals surface area contributed by atoms with Gasteiger partial charge in [0.1, 0.15) is 11.6 Å². The summed E-state index contributed by atoms with van der Waals surface area (Å²) >= 11 is 0. The molecular weight excluding hydrogens is 224 g/mol. The van der Waals surface area contributed by atoms with E-state index in [-0.39, 0.29) is 10.8 Å². The van der Waals surface area contributed by atoms with Crippen molar-refractivity contribution in [2.24, 2.45) is 28.6 Å². The van der Waals surface area contributed by atoms with Gasteiger partial charge in [0.2, 0.25) is 0 Å². The molecule has 0 N–H and O–H groups in total. The zero-order chi connectivity index (χ0) is 13.1. The van der Waals surface area contributed by atoms with E-state index in [9.17, 15) is 9.59 Å². The number of ketones is 2. The van der Waals surface area contributed by atoms with Gasteiger partial charge in [-0.2, -0.15) is 0 Å². The Morgan fingerprint density at radius 2 is 1.56 bits per heavy atom. The summed E-state index contributed by atoms with van der Waals surface area (Å²) in [5.41, 5.74) is -0.215. The van der Waals surface area contributed by atoms with Gasteiger partial charge in [0.15, 0.2) is 0 Å². The van der Waals surface area contributed by atoms with Crippen LogP contribution in [0.2, 0.25) is 0 Å². The number of fused-ring (bicyclic) bond motifs is 3. The Kier molecular flexibility index (Phi) is 2.53. The fourth-order valence-electron chi connectivity index (χ4n) is 5.18. The summed E-state index contributed by atoms with van der Waals surface area (Å²) in [5.74, 6) is 2.61. The Bertz CT molecular complexity index is 405. The fraction of sp³-hybridized carbons (Fsp3) is 0.875. The quantitative estimate of drug-likeness (QED) is 0.658. The average molecular weight is 248 g/mol. The molecular formula is C16H24O2. The minimum Gasteiger partial charge on any atom is -0.299 e. The first-order valence-corrected chi connectivity index (χ1v) is 7.44. The highest BCUT2D eigenvalue weighted by Gasteiger charge is 2.58. The molecule has 4 atom stereocenters. The minimum absolute atomic E-state index is 0.0579. The average Bonchev–Trinajstić information content (AvgIpc) is 2.61. The van der Waals surface area contributed by atoms with E-state index in [0.717, 1.165) is 38.5 Å². The summed E-state index contributed by atoms with van der Waals surface area (Å²) in [6, 6.07) is 0. The van der Waals surface area contributed by atoms with Crippen molar-refractivity contribution >= 4 is 11.6 Å². The Labute approximate surface area is 110 Å². The largest absolute Gasteiger partial charge is 0.299 e. The molecule has 3 aliphatic carbocycles. The maximum absolute atomic E-state index is 12.2. The van der Waals surface area contributed by atoms with Crippen LogP contribution in [-0.4, -0.2) is 11.6 Å². The van der Waals surface area contributed by atoms with Gasteiger partial charge in [-0.15, -0.1) is 0 Å². The van der Waals surface area contributed by atoms with E-state index < -0.39 is 0 Å². The predicted molar refractivity (Wildman–Crippen MR) is 70.1 cm³/mol. The van der Waals surface area contributed by atoms with Crippen LogP contribution < -0.4 is 0 Å². The van der Waals surface area contributed by atoms with E-state index in [1.165, 1.54) is 0 Å². The third kappa shape index (κ3) is 1.41. The van der Waals surface area contributed by atoms with Gasteiger partial charge in [-0.1, -0.05) is 20.8 Å². The topological polar surface area (TPSA) is 34.1 Å². The van der Waals surface area contributed by atoms with E-state index in [4.69, 9.17) is 0 Å². The van der Waals surface area contributed by atoms with Gasteiger partial charge in [0.05, 0.1) is 0 Å². The smallest absolute Gasteiger partial charge is 0.139 e. The van der Waals surface area contributed by atoms with Crippen molar-refractivity contribution in [1.82, 2.24) is 0 Å². The third-order valence-corrected chi connectivity index (χ3v) is 6.50. The summed E-state index contributed by atoms with van der Waals surface area (Å²) in [5, 5.41) is 0. The summed E-state index contributed by atoms with van der Waals surface area (Å²) in [7, 11) is 0. The molecule has 2 heteroatoms. The van der Waals surface area contributed by atoms with Crippen molar-refractivity contribution < 1.29 is 9.59 Å². The highest BCUT2D eigenvalue weighted by atomic mass is 16.1. The van der Waals surface area contributed by atoms with Crippen molar-refractivity contribution in [1.29, 1.82) is 0 Å². The lowest BCUT2D eigenvalue weighted by molar-refractivity contribution is -0.144. The third-order valence-electron chi connectivity index (χ3n) is 6.50. The number of carbonyl (C=O) groups excluding carboxylic acids is 2. The predicted octanol–water partition coefficient (Wildman–Crippen LogP) is 3.39. The lowest BCUT2D eigenvalue weighted by Gasteiger charge is -2.53. The zero-order valence-electron chi connectivity index (χ0n) is 11.8. The van der Waals surface area contributed by atoms with Gasteiger partial charge >= 0.3 is 0 Å². The van der Waals surface area contributed by atoms with E-state index in [1.54, 1.807) is 0 Å². The summed E-state index contributed by atoms with van der Waals surface area (Å²) < 4.78 is 0. The molecule has 3 aliphatic rings. The van der Waals surface area contributed by atoms with E-state index in [0.29, 0.717) is 29.3 Å². The SMILES string of the molecule is CC1(C)C(=O)CCC2C1CCC1(C)C(=O)CCC21. The Hall–Kier alpha value is -0.660. The Morgan fingerprint density at radius 3 is 2.28 bits per heavy atom. The van der Waals surface area contributed by atoms with E-state index in [2.05, 4.69) is 20.8 Å². The molecule has 0 aromatic carbocycles. The number of rotatable bonds is 0. The lowest BCUT2D eigenvalue weighted by Crippen LogP contribution is -2.51. The summed E-state index contributed by atoms with van der Waals surface area (Å²) in [6.45, 7) is 6.45. The fourth-order valence-corrected chi connectivity index (χ4v) is 5.18. The van der Waals surface area contributed by atoms with Gasteiger partial charge in [0.25, 0.3) is 0 Å². The maximum Gasteiger partial charge on any atom is 0.139 e. The van der Waals surface area contributed by atoms with Gasteiger partial charge in [-0.05, 0) is 43.4 Å². The van der Waals surface area contributed by atoms with Crippen molar-refractivity contribution in [2.45, 2.75) is 59.3 Å². The van der Waals surface area contributed by atoms with Crippen LogP contribution in [0.3, 0.4) is 0 Å². The van der Waals surface area contributed by atoms with Gasteiger partial charge in [-0.25, -0.2) is 0 Å². The summed E-state index contributed by atoms with van der Waals surface area (Å²) in [4.78, 5) is 24.3. The molecule has 0 saturated heterocycles. The molecule has 3 fully saturated rings. The van der Waals surface area contributed by atoms with Crippen molar-refractivity contribution in [2.75, 3.05) is 0 Å². The van der Waals surface area contributed by atoms with Crippen LogP contribution in [0.25, 0.3) is 0 Å². The molecule has 100 valence electrons. The number of hydrogen-bond donors (Lipinski definition) is 0. The molecule has 3 rings (SSSR count). The highest BCUT2D eigenvalue weighted by Crippen LogP contribution is 2.60. The second-order valence-corrected chi connectivity index (χ2v) is 7.48. The second-order valence-electron chi connectivity index (χ2n) is 7.48. The van der Waals surface area contributed by atoms with Gasteiger partial charge in [-0.3, -0.25) is 9.59 Å². The van der Waals surface area contributed by atoms with Gasteiger partial charge in [0, 0.05) is 23.7 Å². The molecule has 0 heterocycles. The molecule has 0 bridgehead atoms. The van der Waals surface area contributed by atoms with Crippen LogP contribution in [0.5, 0.6) is 0 Å². The molecule has 0 radical (unpaired) electrons. The Morgan fingerprint density at radius 1 is 0.889 bits per heavy atom. The molecule has 0 aliphatic heterocycles. The molecule has 0 amide bonds. The summed E-state index contributed by atoms with van der Waals surface area (Å²) in [6.07, 6.45) is 5.69. The molecule has 0 aromatic rings. The van der Waals surface area contributed by atoms with Crippen LogP contribution in [0.1, 0.15) is 59.3 Å². The van der Waals surface area contributed by atoms with E-state index in [1.807, 2.05) is 0 Å². The van der Waals surface area contributed by atoms with E-state index >= 15 is 0 Å². The normalized spacial score (nSPS) is 46.7. The molecule has 0 spiro atoms. The standard InChI is InChI=1S/C16H24O2/c1-15(2)11-8-9-16(3)12(5-7-14(16)18)10(11)4-6-13(15)17/h10-12H,4-9H2,1-3H3. The van der Waals surface area contributed by atoms with Crippen LogP contribution in [0, 0.1) is 28.6 Å². The number of hydrogen-bond acceptors (Lipinski definition) is 2. The van der Waals surface area contributed by atoms with Crippen LogP contribution >= 0.6 is 0 Å². The van der Waals surface area contributed by atoms with Crippen molar-refractivity contribution in [3.05, 3.63) is 0 Å². The lowest BCUT2D eigenvalue weighted by atomic mass is 9.50. The monoisotopic (exact) mass is 248 g/mol. The first kappa shape index (κ1) is 12.4. The first-order valence-electron chi connectivity index (χ1n) is 7.44. The van der Waals surface area contributed by atoms with Gasteiger partial charge < -0.3 is 0 Å². The minimum atomic E-state index is -0.157. The van der Waals surface area contributed by atoms with Crippen molar-refractivity contribution in [3.63, 3.8) is 0 Å². The van der Waals surface area contributed by atoms with Crippen LogP contribution in [0.15, 0.2) is 0 Å². The molecule has 0 aromatic heterocycles. The molecule has 3 saturated carbocycles. The molecule has 18 heavy (non-hydrogen) atoms. The molecule has 4 unspecified atom stereocenters. The van der Waals surface area contributed by atoms with Crippen molar-refractivity contribution in [3.8, 4) is 0 Å². The Balaban J connectivity index is 1.94. The zero-order valence-corrected chi connectivity index (χ0v) is 11.8. The number of Topliss-reactive ketones (excluding diaryl/α,β-unsaturated/α-hetero) is 2. The molecule has 2 nitrogen and oxygen atoms in total. The number of carbonyl (C=O) groups is 2. The van der Waals surface area contributed by atoms with Crippen LogP contribution in [0.4, 0.5) is 0 Å². The maximum atomic E-state index is 12.2. The highest BCUT2D eigenvalue weighted by molar-refractivity contribution is 5.88. The second kappa shape index (κ2) is 3.68. The van der Waals surface area contributed by atoms with Crippen LogP contribution in [-0.2, 0) is 9.59 Å². The first-order chi connectivity index (χ1) is 8.37.